The van der Waals surface area contributed by atoms with Crippen LogP contribution in [0.4, 0.5) is 0 Å². The number of hydrogen-bond donors (Lipinski definition) is 6. The van der Waals surface area contributed by atoms with Crippen LogP contribution in [-0.2, 0) is 24.0 Å². The van der Waals surface area contributed by atoms with E-state index < -0.39 is 60.8 Å². The lowest BCUT2D eigenvalue weighted by atomic mass is 10.0. The molecule has 0 saturated heterocycles. The Morgan fingerprint density at radius 1 is 0.964 bits per heavy atom. The predicted molar refractivity (Wildman–Crippen MR) is 103 cm³/mol. The van der Waals surface area contributed by atoms with Crippen molar-refractivity contribution in [1.82, 2.24) is 16.0 Å². The van der Waals surface area contributed by atoms with Crippen LogP contribution >= 0.6 is 11.8 Å². The Hall–Kier alpha value is -2.34. The molecular weight excluding hydrogens is 392 g/mol. The Labute approximate surface area is 167 Å². The molecule has 28 heavy (non-hydrogen) atoms. The zero-order valence-corrected chi connectivity index (χ0v) is 16.9. The van der Waals surface area contributed by atoms with E-state index in [9.17, 15) is 24.0 Å². The van der Waals surface area contributed by atoms with E-state index in [2.05, 4.69) is 10.6 Å². The molecule has 12 heteroatoms. The Morgan fingerprint density at radius 3 is 2.04 bits per heavy atom. The fourth-order valence-corrected chi connectivity index (χ4v) is 2.59. The van der Waals surface area contributed by atoms with E-state index in [1.165, 1.54) is 11.8 Å². The van der Waals surface area contributed by atoms with Gasteiger partial charge in [0.15, 0.2) is 0 Å². The summed E-state index contributed by atoms with van der Waals surface area (Å²) >= 11 is 1.52. The van der Waals surface area contributed by atoms with E-state index in [-0.39, 0.29) is 5.92 Å². The summed E-state index contributed by atoms with van der Waals surface area (Å²) in [6, 6.07) is -3.35. The maximum absolute atomic E-state index is 12.5. The third-order valence-electron chi connectivity index (χ3n) is 3.64. The first-order valence-corrected chi connectivity index (χ1v) is 9.95. The van der Waals surface area contributed by atoms with Crippen molar-refractivity contribution in [2.45, 2.75) is 44.8 Å². The van der Waals surface area contributed by atoms with E-state index in [4.69, 9.17) is 15.9 Å². The second-order valence-corrected chi connectivity index (χ2v) is 7.37. The minimum atomic E-state index is -1.49. The number of aliphatic carboxylic acids is 2. The largest absolute Gasteiger partial charge is 0.481 e. The minimum Gasteiger partial charge on any atom is -0.481 e. The highest BCUT2D eigenvalue weighted by Gasteiger charge is 2.31. The van der Waals surface area contributed by atoms with Crippen LogP contribution in [-0.4, -0.2) is 76.6 Å². The first kappa shape index (κ1) is 25.7. The van der Waals surface area contributed by atoms with Crippen LogP contribution < -0.4 is 21.7 Å². The van der Waals surface area contributed by atoms with Crippen molar-refractivity contribution >= 4 is 41.4 Å². The second-order valence-electron chi connectivity index (χ2n) is 6.39. The molecule has 0 saturated carbocycles. The highest BCUT2D eigenvalue weighted by atomic mass is 32.2. The molecule has 0 bridgehead atoms. The molecule has 0 aliphatic rings. The summed E-state index contributed by atoms with van der Waals surface area (Å²) in [5, 5.41) is 24.3. The van der Waals surface area contributed by atoms with Gasteiger partial charge in [0, 0.05) is 0 Å². The van der Waals surface area contributed by atoms with Gasteiger partial charge in [-0.25, -0.2) is 0 Å². The van der Waals surface area contributed by atoms with Crippen LogP contribution in [0.3, 0.4) is 0 Å². The lowest BCUT2D eigenvalue weighted by Gasteiger charge is -2.25. The SMILES string of the molecule is CSCCC(N)C(=O)NC(C(=O)NC(CC(=O)O)C(=O)NCC(=O)O)C(C)C. The average Bonchev–Trinajstić information content (AvgIpc) is 2.60. The first-order chi connectivity index (χ1) is 13.0. The summed E-state index contributed by atoms with van der Waals surface area (Å²) in [6.45, 7) is 2.60. The summed E-state index contributed by atoms with van der Waals surface area (Å²) in [5.74, 6) is -4.64. The number of nitrogens with one attached hydrogen (secondary N) is 3. The van der Waals surface area contributed by atoms with E-state index in [0.29, 0.717) is 12.2 Å². The molecule has 0 aliphatic heterocycles. The van der Waals surface area contributed by atoms with E-state index in [1.807, 2.05) is 11.6 Å². The van der Waals surface area contributed by atoms with Gasteiger partial charge in [-0.2, -0.15) is 11.8 Å². The topological polar surface area (TPSA) is 188 Å². The molecule has 3 amide bonds. The summed E-state index contributed by atoms with van der Waals surface area (Å²) in [5.41, 5.74) is 5.78. The van der Waals surface area contributed by atoms with Crippen LogP contribution in [0.1, 0.15) is 26.7 Å². The van der Waals surface area contributed by atoms with Crippen LogP contribution in [0.2, 0.25) is 0 Å². The van der Waals surface area contributed by atoms with Crippen LogP contribution in [0.25, 0.3) is 0 Å². The summed E-state index contributed by atoms with van der Waals surface area (Å²) in [6.07, 6.45) is 1.54. The lowest BCUT2D eigenvalue weighted by molar-refractivity contribution is -0.141. The van der Waals surface area contributed by atoms with Gasteiger partial charge in [-0.15, -0.1) is 0 Å². The maximum Gasteiger partial charge on any atom is 0.322 e. The molecule has 0 radical (unpaired) electrons. The van der Waals surface area contributed by atoms with Crippen LogP contribution in [0.15, 0.2) is 0 Å². The van der Waals surface area contributed by atoms with Gasteiger partial charge in [-0.05, 0) is 24.3 Å². The molecular formula is C16H28N4O7S. The summed E-state index contributed by atoms with van der Waals surface area (Å²) < 4.78 is 0. The van der Waals surface area contributed by atoms with Crippen molar-refractivity contribution in [2.75, 3.05) is 18.6 Å². The zero-order valence-electron chi connectivity index (χ0n) is 16.1. The van der Waals surface area contributed by atoms with Gasteiger partial charge in [0.2, 0.25) is 17.7 Å². The normalized spacial score (nSPS) is 13.9. The van der Waals surface area contributed by atoms with Gasteiger partial charge in [-0.3, -0.25) is 24.0 Å². The Morgan fingerprint density at radius 2 is 1.57 bits per heavy atom. The third-order valence-corrected chi connectivity index (χ3v) is 4.29. The smallest absolute Gasteiger partial charge is 0.322 e. The Balaban J connectivity index is 5.12. The van der Waals surface area contributed by atoms with Gasteiger partial charge < -0.3 is 31.9 Å². The number of thioether (sulfide) groups is 1. The molecule has 0 spiro atoms. The second kappa shape index (κ2) is 12.9. The molecule has 0 aromatic heterocycles. The number of carbonyl (C=O) groups excluding carboxylic acids is 3. The van der Waals surface area contributed by atoms with E-state index >= 15 is 0 Å². The standard InChI is InChI=1S/C16H28N4O7S/c1-8(2)13(20-14(25)9(17)4-5-28-3)16(27)19-10(6-11(21)22)15(26)18-7-12(23)24/h8-10,13H,4-7,17H2,1-3H3,(H,18,26)(H,19,27)(H,20,25)(H,21,22)(H,23,24). The fourth-order valence-electron chi connectivity index (χ4n) is 2.10. The van der Waals surface area contributed by atoms with Crippen molar-refractivity contribution in [1.29, 1.82) is 0 Å². The number of nitrogens with two attached hydrogens (primary N) is 1. The number of rotatable bonds is 13. The van der Waals surface area contributed by atoms with Gasteiger partial charge >= 0.3 is 11.9 Å². The Bertz CT molecular complexity index is 585. The monoisotopic (exact) mass is 420 g/mol. The molecule has 0 aliphatic carbocycles. The summed E-state index contributed by atoms with van der Waals surface area (Å²) in [4.78, 5) is 58.2. The highest BCUT2D eigenvalue weighted by molar-refractivity contribution is 7.98. The summed E-state index contributed by atoms with van der Waals surface area (Å²) in [7, 11) is 0. The number of carbonyl (C=O) groups is 5. The average molecular weight is 420 g/mol. The van der Waals surface area contributed by atoms with E-state index in [0.717, 1.165) is 0 Å². The highest BCUT2D eigenvalue weighted by Crippen LogP contribution is 2.06. The molecule has 3 atom stereocenters. The maximum atomic E-state index is 12.5. The molecule has 0 heterocycles. The number of carboxylic acid groups (broad SMARTS) is 2. The predicted octanol–water partition coefficient (Wildman–Crippen LogP) is -1.63. The molecule has 11 nitrogen and oxygen atoms in total. The molecule has 160 valence electrons. The van der Waals surface area contributed by atoms with Gasteiger partial charge in [0.1, 0.15) is 18.6 Å². The van der Waals surface area contributed by atoms with Gasteiger partial charge in [0.05, 0.1) is 12.5 Å². The van der Waals surface area contributed by atoms with Crippen molar-refractivity contribution in [3.05, 3.63) is 0 Å². The molecule has 0 aromatic rings. The van der Waals surface area contributed by atoms with Gasteiger partial charge in [-0.1, -0.05) is 13.8 Å². The third kappa shape index (κ3) is 10.1. The Kier molecular flexibility index (Phi) is 11.9. The molecule has 0 rings (SSSR count). The fraction of sp³-hybridized carbons (Fsp3) is 0.688. The van der Waals surface area contributed by atoms with Crippen molar-refractivity contribution in [3.63, 3.8) is 0 Å². The quantitative estimate of drug-likeness (QED) is 0.203. The molecule has 0 aromatic carbocycles. The number of carboxylic acids is 2. The lowest BCUT2D eigenvalue weighted by Crippen LogP contribution is -2.58. The van der Waals surface area contributed by atoms with Crippen molar-refractivity contribution in [2.24, 2.45) is 11.7 Å². The molecule has 7 N–H and O–H groups in total. The van der Waals surface area contributed by atoms with E-state index in [1.54, 1.807) is 13.8 Å². The van der Waals surface area contributed by atoms with Crippen LogP contribution in [0.5, 0.6) is 0 Å². The zero-order chi connectivity index (χ0) is 21.9. The molecule has 3 unspecified atom stereocenters. The minimum absolute atomic E-state index is 0.371. The van der Waals surface area contributed by atoms with Crippen LogP contribution in [0, 0.1) is 5.92 Å². The van der Waals surface area contributed by atoms with Crippen molar-refractivity contribution < 1.29 is 34.2 Å². The van der Waals surface area contributed by atoms with Crippen molar-refractivity contribution in [3.8, 4) is 0 Å². The first-order valence-electron chi connectivity index (χ1n) is 8.56. The number of hydrogen-bond acceptors (Lipinski definition) is 7. The van der Waals surface area contributed by atoms with Gasteiger partial charge in [0.25, 0.3) is 0 Å². The number of amides is 3. The molecule has 0 fully saturated rings.